The van der Waals surface area contributed by atoms with Crippen molar-refractivity contribution in [3.8, 4) is 0 Å². The molecule has 0 fully saturated rings. The van der Waals surface area contributed by atoms with Crippen molar-refractivity contribution < 1.29 is 4.79 Å². The molecule has 0 bridgehead atoms. The van der Waals surface area contributed by atoms with E-state index in [0.717, 1.165) is 13.1 Å². The molecule has 1 unspecified atom stereocenters. The fraction of sp³-hybridized carbons (Fsp3) is 0.929. The summed E-state index contributed by atoms with van der Waals surface area (Å²) < 4.78 is 0. The molecule has 1 amide bonds. The third kappa shape index (κ3) is 8.48. The number of hydrogen-bond donors (Lipinski definition) is 2. The van der Waals surface area contributed by atoms with Crippen LogP contribution in [-0.4, -0.2) is 49.6 Å². The smallest absolute Gasteiger partial charge is 0.237 e. The van der Waals surface area contributed by atoms with Crippen LogP contribution in [0.4, 0.5) is 0 Å². The summed E-state index contributed by atoms with van der Waals surface area (Å²) in [5, 5.41) is 6.30. The lowest BCUT2D eigenvalue weighted by Crippen LogP contribution is -2.51. The second-order valence-corrected chi connectivity index (χ2v) is 7.24. The zero-order valence-electron chi connectivity index (χ0n) is 13.3. The number of nitrogens with one attached hydrogen (secondary N) is 2. The van der Waals surface area contributed by atoms with Crippen LogP contribution < -0.4 is 10.6 Å². The van der Waals surface area contributed by atoms with E-state index in [1.165, 1.54) is 0 Å². The first-order valence-electron chi connectivity index (χ1n) is 6.63. The van der Waals surface area contributed by atoms with Crippen LogP contribution in [0.3, 0.4) is 0 Å². The molecular formula is C14H31N3O. The summed E-state index contributed by atoms with van der Waals surface area (Å²) in [6, 6.07) is -0.161. The zero-order chi connectivity index (χ0) is 14.6. The van der Waals surface area contributed by atoms with Crippen LogP contribution in [0, 0.1) is 5.41 Å². The van der Waals surface area contributed by atoms with Gasteiger partial charge in [-0.1, -0.05) is 13.8 Å². The number of carbonyl (C=O) groups excluding carboxylic acids is 1. The summed E-state index contributed by atoms with van der Waals surface area (Å²) in [4.78, 5) is 14.1. The molecule has 0 aromatic heterocycles. The molecule has 0 saturated heterocycles. The minimum atomic E-state index is -0.174. The zero-order valence-corrected chi connectivity index (χ0v) is 13.3. The van der Waals surface area contributed by atoms with E-state index in [1.54, 1.807) is 0 Å². The highest BCUT2D eigenvalue weighted by molar-refractivity contribution is 5.81. The van der Waals surface area contributed by atoms with Gasteiger partial charge >= 0.3 is 0 Å². The van der Waals surface area contributed by atoms with Crippen LogP contribution in [0.2, 0.25) is 0 Å². The van der Waals surface area contributed by atoms with E-state index in [1.807, 2.05) is 27.7 Å². The number of nitrogens with zero attached hydrogens (tertiary/aromatic N) is 1. The average Bonchev–Trinajstić information content (AvgIpc) is 2.09. The molecule has 0 heterocycles. The standard InChI is InChI=1S/C14H31N3O/c1-11(12(18)16-13(2,3)4)15-9-14(5,6)10-17(7)8/h11,15H,9-10H2,1-8H3,(H,16,18). The predicted octanol–water partition coefficient (Wildman–Crippen LogP) is 1.47. The molecule has 18 heavy (non-hydrogen) atoms. The van der Waals surface area contributed by atoms with E-state index in [4.69, 9.17) is 0 Å². The molecule has 0 saturated carbocycles. The third-order valence-corrected chi connectivity index (χ3v) is 2.52. The molecule has 0 rings (SSSR count). The van der Waals surface area contributed by atoms with E-state index < -0.39 is 0 Å². The van der Waals surface area contributed by atoms with E-state index >= 15 is 0 Å². The van der Waals surface area contributed by atoms with Crippen LogP contribution in [0.1, 0.15) is 41.5 Å². The summed E-state index contributed by atoms with van der Waals surface area (Å²) in [5.74, 6) is 0.0585. The summed E-state index contributed by atoms with van der Waals surface area (Å²) in [6.07, 6.45) is 0. The Morgan fingerprint density at radius 2 is 1.67 bits per heavy atom. The van der Waals surface area contributed by atoms with Crippen molar-refractivity contribution >= 4 is 5.91 Å². The normalized spacial score (nSPS) is 14.7. The van der Waals surface area contributed by atoms with Gasteiger partial charge in [0, 0.05) is 18.6 Å². The molecule has 0 aliphatic rings. The predicted molar refractivity (Wildman–Crippen MR) is 77.7 cm³/mol. The molecule has 2 N–H and O–H groups in total. The molecule has 0 radical (unpaired) electrons. The Bertz CT molecular complexity index is 267. The van der Waals surface area contributed by atoms with Crippen molar-refractivity contribution in [3.63, 3.8) is 0 Å². The van der Waals surface area contributed by atoms with E-state index in [2.05, 4.69) is 43.5 Å². The number of carbonyl (C=O) groups is 1. The average molecular weight is 257 g/mol. The van der Waals surface area contributed by atoms with Gasteiger partial charge in [-0.25, -0.2) is 0 Å². The van der Waals surface area contributed by atoms with Gasteiger partial charge in [0.2, 0.25) is 5.91 Å². The Morgan fingerprint density at radius 1 is 1.17 bits per heavy atom. The van der Waals surface area contributed by atoms with Crippen molar-refractivity contribution in [1.29, 1.82) is 0 Å². The molecular weight excluding hydrogens is 226 g/mol. The molecule has 0 spiro atoms. The molecule has 0 aromatic rings. The second-order valence-electron chi connectivity index (χ2n) is 7.24. The molecule has 0 aromatic carbocycles. The summed E-state index contributed by atoms with van der Waals surface area (Å²) >= 11 is 0. The Morgan fingerprint density at radius 3 is 2.06 bits per heavy atom. The lowest BCUT2D eigenvalue weighted by atomic mass is 9.92. The molecule has 4 heteroatoms. The molecule has 0 aliphatic heterocycles. The van der Waals surface area contributed by atoms with Crippen LogP contribution in [0.15, 0.2) is 0 Å². The van der Waals surface area contributed by atoms with Gasteiger partial charge in [0.25, 0.3) is 0 Å². The lowest BCUT2D eigenvalue weighted by Gasteiger charge is -2.30. The van der Waals surface area contributed by atoms with E-state index in [9.17, 15) is 4.79 Å². The first-order valence-corrected chi connectivity index (χ1v) is 6.63. The van der Waals surface area contributed by atoms with Crippen molar-refractivity contribution in [2.24, 2.45) is 5.41 Å². The minimum Gasteiger partial charge on any atom is -0.350 e. The van der Waals surface area contributed by atoms with Crippen molar-refractivity contribution in [1.82, 2.24) is 15.5 Å². The highest BCUT2D eigenvalue weighted by Gasteiger charge is 2.23. The summed E-state index contributed by atoms with van der Waals surface area (Å²) in [7, 11) is 4.13. The van der Waals surface area contributed by atoms with Gasteiger partial charge in [-0.05, 0) is 47.2 Å². The highest BCUT2D eigenvalue weighted by atomic mass is 16.2. The van der Waals surface area contributed by atoms with Gasteiger partial charge in [0.05, 0.1) is 6.04 Å². The topological polar surface area (TPSA) is 44.4 Å². The maximum atomic E-state index is 11.9. The fourth-order valence-electron chi connectivity index (χ4n) is 1.91. The van der Waals surface area contributed by atoms with Gasteiger partial charge in [0.1, 0.15) is 0 Å². The monoisotopic (exact) mass is 257 g/mol. The Kier molecular flexibility index (Phi) is 6.30. The number of amides is 1. The van der Waals surface area contributed by atoms with Crippen LogP contribution in [-0.2, 0) is 4.79 Å². The highest BCUT2D eigenvalue weighted by Crippen LogP contribution is 2.14. The minimum absolute atomic E-state index is 0.0585. The lowest BCUT2D eigenvalue weighted by molar-refractivity contribution is -0.124. The largest absolute Gasteiger partial charge is 0.350 e. The van der Waals surface area contributed by atoms with Crippen LogP contribution >= 0.6 is 0 Å². The van der Waals surface area contributed by atoms with Crippen molar-refractivity contribution in [3.05, 3.63) is 0 Å². The molecule has 4 nitrogen and oxygen atoms in total. The van der Waals surface area contributed by atoms with Crippen molar-refractivity contribution in [2.75, 3.05) is 27.2 Å². The number of rotatable bonds is 6. The quantitative estimate of drug-likeness (QED) is 0.757. The van der Waals surface area contributed by atoms with Crippen LogP contribution in [0.5, 0.6) is 0 Å². The first kappa shape index (κ1) is 17.4. The van der Waals surface area contributed by atoms with E-state index in [-0.39, 0.29) is 22.9 Å². The van der Waals surface area contributed by atoms with Crippen LogP contribution in [0.25, 0.3) is 0 Å². The summed E-state index contributed by atoms with van der Waals surface area (Å²) in [6.45, 7) is 14.1. The SMILES string of the molecule is CC(NCC(C)(C)CN(C)C)C(=O)NC(C)(C)C. The fourth-order valence-corrected chi connectivity index (χ4v) is 1.91. The Labute approximate surface area is 113 Å². The second kappa shape index (κ2) is 6.53. The maximum Gasteiger partial charge on any atom is 0.237 e. The Hall–Kier alpha value is -0.610. The van der Waals surface area contributed by atoms with Gasteiger partial charge in [-0.3, -0.25) is 4.79 Å². The van der Waals surface area contributed by atoms with E-state index in [0.29, 0.717) is 0 Å². The summed E-state index contributed by atoms with van der Waals surface area (Å²) in [5.41, 5.74) is -0.0219. The van der Waals surface area contributed by atoms with Gasteiger partial charge < -0.3 is 15.5 Å². The first-order chi connectivity index (χ1) is 7.93. The van der Waals surface area contributed by atoms with Gasteiger partial charge in [0.15, 0.2) is 0 Å². The number of hydrogen-bond acceptors (Lipinski definition) is 3. The van der Waals surface area contributed by atoms with Crippen molar-refractivity contribution in [2.45, 2.75) is 53.1 Å². The maximum absolute atomic E-state index is 11.9. The van der Waals surface area contributed by atoms with Gasteiger partial charge in [-0.2, -0.15) is 0 Å². The molecule has 0 aliphatic carbocycles. The Balaban J connectivity index is 4.17. The molecule has 1 atom stereocenters. The molecule has 108 valence electrons. The van der Waals surface area contributed by atoms with Gasteiger partial charge in [-0.15, -0.1) is 0 Å². The third-order valence-electron chi connectivity index (χ3n) is 2.52.